The number of halogens is 2. The minimum absolute atomic E-state index is 0.197. The first-order valence-corrected chi connectivity index (χ1v) is 7.41. The molecule has 1 atom stereocenters. The molecule has 108 valence electrons. The van der Waals surface area contributed by atoms with Crippen molar-refractivity contribution < 1.29 is 4.39 Å². The summed E-state index contributed by atoms with van der Waals surface area (Å²) in [5, 5.41) is 7.68. The van der Waals surface area contributed by atoms with Crippen LogP contribution in [0.1, 0.15) is 44.1 Å². The van der Waals surface area contributed by atoms with Gasteiger partial charge in [0.15, 0.2) is 0 Å². The quantitative estimate of drug-likeness (QED) is 0.906. The summed E-state index contributed by atoms with van der Waals surface area (Å²) < 4.78 is 16.8. The molecule has 20 heavy (non-hydrogen) atoms. The molecule has 0 saturated heterocycles. The molecule has 0 aliphatic heterocycles. The number of nitrogens with one attached hydrogen (secondary N) is 1. The monoisotopic (exact) mass is 340 g/mol. The van der Waals surface area contributed by atoms with Crippen LogP contribution in [0.2, 0.25) is 0 Å². The van der Waals surface area contributed by atoms with Crippen LogP contribution in [0.25, 0.3) is 0 Å². The van der Waals surface area contributed by atoms with Crippen LogP contribution in [0.5, 0.6) is 0 Å². The average molecular weight is 341 g/mol. The highest BCUT2D eigenvalue weighted by Crippen LogP contribution is 2.31. The van der Waals surface area contributed by atoms with E-state index in [2.05, 4.69) is 45.2 Å². The Hall–Kier alpha value is -1.27. The molecule has 1 N–H and O–H groups in total. The number of hydrogen-bond acceptors (Lipinski definition) is 3. The minimum atomic E-state index is -0.318. The van der Waals surface area contributed by atoms with Gasteiger partial charge in [0.25, 0.3) is 0 Å². The van der Waals surface area contributed by atoms with Gasteiger partial charge in [0.1, 0.15) is 5.82 Å². The molecule has 2 rings (SSSR count). The lowest BCUT2D eigenvalue weighted by Gasteiger charge is -2.22. The maximum atomic E-state index is 14.1. The molecule has 2 aromatic rings. The summed E-state index contributed by atoms with van der Waals surface area (Å²) >= 11 is 3.52. The molecule has 0 saturated carbocycles. The van der Waals surface area contributed by atoms with Gasteiger partial charge in [-0.2, -0.15) is 5.10 Å². The summed E-state index contributed by atoms with van der Waals surface area (Å²) in [7, 11) is 0. The first-order valence-electron chi connectivity index (χ1n) is 6.62. The molecule has 0 aliphatic rings. The summed E-state index contributed by atoms with van der Waals surface area (Å²) in [5.74, 6) is -0.318. The molecule has 1 unspecified atom stereocenters. The molecule has 0 aromatic carbocycles. The van der Waals surface area contributed by atoms with Crippen LogP contribution < -0.4 is 5.32 Å². The lowest BCUT2D eigenvalue weighted by Crippen LogP contribution is -2.26. The minimum Gasteiger partial charge on any atom is -0.305 e. The van der Waals surface area contributed by atoms with Crippen LogP contribution in [-0.2, 0) is 0 Å². The second-order valence-corrected chi connectivity index (χ2v) is 5.66. The van der Waals surface area contributed by atoms with E-state index in [1.807, 2.05) is 11.6 Å². The molecular weight excluding hydrogens is 323 g/mol. The van der Waals surface area contributed by atoms with E-state index in [4.69, 9.17) is 0 Å². The summed E-state index contributed by atoms with van der Waals surface area (Å²) in [5.41, 5.74) is 1.50. The third kappa shape index (κ3) is 2.91. The molecule has 0 aliphatic carbocycles. The van der Waals surface area contributed by atoms with Crippen molar-refractivity contribution in [1.82, 2.24) is 20.1 Å². The van der Waals surface area contributed by atoms with E-state index in [0.717, 1.165) is 16.7 Å². The molecule has 6 heteroatoms. The smallest absolute Gasteiger partial charge is 0.146 e. The Kier molecular flexibility index (Phi) is 4.88. The molecule has 0 fully saturated rings. The van der Waals surface area contributed by atoms with Gasteiger partial charge < -0.3 is 5.32 Å². The Morgan fingerprint density at radius 1 is 1.40 bits per heavy atom. The predicted molar refractivity (Wildman–Crippen MR) is 80.0 cm³/mol. The summed E-state index contributed by atoms with van der Waals surface area (Å²) in [6.45, 7) is 6.82. The first-order chi connectivity index (χ1) is 9.56. The van der Waals surface area contributed by atoms with Gasteiger partial charge in [-0.25, -0.2) is 4.39 Å². The van der Waals surface area contributed by atoms with Crippen LogP contribution in [-0.4, -0.2) is 21.3 Å². The van der Waals surface area contributed by atoms with Gasteiger partial charge in [0.05, 0.1) is 28.6 Å². The Balaban J connectivity index is 2.55. The number of nitrogens with zero attached hydrogens (tertiary/aromatic N) is 3. The maximum absolute atomic E-state index is 14.1. The Morgan fingerprint density at radius 2 is 2.15 bits per heavy atom. The molecule has 4 nitrogen and oxygen atoms in total. The molecule has 0 spiro atoms. The van der Waals surface area contributed by atoms with Crippen molar-refractivity contribution in [3.05, 3.63) is 46.2 Å². The van der Waals surface area contributed by atoms with Crippen molar-refractivity contribution in [3.63, 3.8) is 0 Å². The molecular formula is C14H18BrFN4. The molecule has 0 radical (unpaired) electrons. The van der Waals surface area contributed by atoms with E-state index in [0.29, 0.717) is 5.56 Å². The Labute approximate surface area is 126 Å². The van der Waals surface area contributed by atoms with Gasteiger partial charge in [-0.15, -0.1) is 0 Å². The largest absolute Gasteiger partial charge is 0.305 e. The van der Waals surface area contributed by atoms with E-state index >= 15 is 0 Å². The van der Waals surface area contributed by atoms with Gasteiger partial charge in [-0.1, -0.05) is 6.92 Å². The SMILES string of the molecule is CCNC(c1ccncc1F)c1c(Br)cnn1C(C)C. The zero-order valence-corrected chi connectivity index (χ0v) is 13.4. The second kappa shape index (κ2) is 6.45. The van der Waals surface area contributed by atoms with E-state index in [1.165, 1.54) is 6.20 Å². The number of rotatable bonds is 5. The summed E-state index contributed by atoms with van der Waals surface area (Å²) in [6.07, 6.45) is 4.59. The van der Waals surface area contributed by atoms with Crippen molar-refractivity contribution in [2.75, 3.05) is 6.54 Å². The topological polar surface area (TPSA) is 42.7 Å². The van der Waals surface area contributed by atoms with Crippen molar-refractivity contribution in [2.45, 2.75) is 32.9 Å². The van der Waals surface area contributed by atoms with E-state index in [-0.39, 0.29) is 17.9 Å². The fraction of sp³-hybridized carbons (Fsp3) is 0.429. The fourth-order valence-corrected chi connectivity index (χ4v) is 2.71. The van der Waals surface area contributed by atoms with Crippen LogP contribution in [0.15, 0.2) is 29.1 Å². The number of aromatic nitrogens is 3. The Bertz CT molecular complexity index is 582. The fourth-order valence-electron chi connectivity index (χ4n) is 2.21. The second-order valence-electron chi connectivity index (χ2n) is 4.80. The van der Waals surface area contributed by atoms with Crippen LogP contribution >= 0.6 is 15.9 Å². The lowest BCUT2D eigenvalue weighted by atomic mass is 10.0. The number of hydrogen-bond donors (Lipinski definition) is 1. The van der Waals surface area contributed by atoms with Gasteiger partial charge in [-0.05, 0) is 42.4 Å². The number of pyridine rings is 1. The van der Waals surface area contributed by atoms with Gasteiger partial charge in [0.2, 0.25) is 0 Å². The van der Waals surface area contributed by atoms with E-state index < -0.39 is 0 Å². The third-order valence-electron chi connectivity index (χ3n) is 3.07. The molecule has 0 bridgehead atoms. The predicted octanol–water partition coefficient (Wildman–Crippen LogP) is 3.46. The highest BCUT2D eigenvalue weighted by atomic mass is 79.9. The lowest BCUT2D eigenvalue weighted by molar-refractivity contribution is 0.465. The van der Waals surface area contributed by atoms with E-state index in [1.54, 1.807) is 18.5 Å². The zero-order valence-electron chi connectivity index (χ0n) is 11.8. The molecule has 2 heterocycles. The summed E-state index contributed by atoms with van der Waals surface area (Å²) in [4.78, 5) is 3.81. The normalized spacial score (nSPS) is 12.9. The highest BCUT2D eigenvalue weighted by molar-refractivity contribution is 9.10. The maximum Gasteiger partial charge on any atom is 0.146 e. The zero-order chi connectivity index (χ0) is 14.7. The van der Waals surface area contributed by atoms with Crippen LogP contribution in [0, 0.1) is 5.82 Å². The standard InChI is InChI=1S/C14H18BrFN4/c1-4-18-13(10-5-6-17-8-12(10)16)14-11(15)7-19-20(14)9(2)3/h5-9,13,18H,4H2,1-3H3. The Morgan fingerprint density at radius 3 is 2.75 bits per heavy atom. The first kappa shape index (κ1) is 15.1. The summed E-state index contributed by atoms with van der Waals surface area (Å²) in [6, 6.07) is 1.64. The van der Waals surface area contributed by atoms with E-state index in [9.17, 15) is 4.39 Å². The van der Waals surface area contributed by atoms with Crippen molar-refractivity contribution >= 4 is 15.9 Å². The van der Waals surface area contributed by atoms with Gasteiger partial charge in [-0.3, -0.25) is 9.67 Å². The average Bonchev–Trinajstić information content (AvgIpc) is 2.79. The van der Waals surface area contributed by atoms with Crippen molar-refractivity contribution in [1.29, 1.82) is 0 Å². The van der Waals surface area contributed by atoms with Crippen LogP contribution in [0.3, 0.4) is 0 Å². The molecule has 0 amide bonds. The van der Waals surface area contributed by atoms with Gasteiger partial charge >= 0.3 is 0 Å². The van der Waals surface area contributed by atoms with Crippen molar-refractivity contribution in [3.8, 4) is 0 Å². The van der Waals surface area contributed by atoms with Crippen LogP contribution in [0.4, 0.5) is 4.39 Å². The third-order valence-corrected chi connectivity index (χ3v) is 3.68. The highest BCUT2D eigenvalue weighted by Gasteiger charge is 2.24. The van der Waals surface area contributed by atoms with Crippen molar-refractivity contribution in [2.24, 2.45) is 0 Å². The van der Waals surface area contributed by atoms with Gasteiger partial charge in [0, 0.05) is 17.8 Å². The molecule has 2 aromatic heterocycles.